The number of nitrogens with zero attached hydrogens (tertiary/aromatic N) is 3. The fourth-order valence-corrected chi connectivity index (χ4v) is 3.18. The van der Waals surface area contributed by atoms with Crippen molar-refractivity contribution in [3.8, 4) is 0 Å². The van der Waals surface area contributed by atoms with Crippen LogP contribution < -0.4 is 10.2 Å². The lowest BCUT2D eigenvalue weighted by atomic mass is 10.1. The van der Waals surface area contributed by atoms with Crippen LogP contribution >= 0.6 is 11.5 Å². The molecule has 1 aromatic heterocycles. The number of rotatable bonds is 5. The average molecular weight is 254 g/mol. The van der Waals surface area contributed by atoms with Crippen LogP contribution in [-0.4, -0.2) is 35.0 Å². The van der Waals surface area contributed by atoms with Crippen LogP contribution in [0.25, 0.3) is 0 Å². The van der Waals surface area contributed by atoms with Gasteiger partial charge in [-0.1, -0.05) is 6.92 Å². The van der Waals surface area contributed by atoms with E-state index in [1.165, 1.54) is 12.8 Å². The van der Waals surface area contributed by atoms with Crippen LogP contribution in [0.5, 0.6) is 0 Å². The zero-order valence-electron chi connectivity index (χ0n) is 10.8. The number of aryl methyl sites for hydroxylation is 1. The Balaban J connectivity index is 2.04. The van der Waals surface area contributed by atoms with Crippen LogP contribution in [0.1, 0.15) is 38.9 Å². The number of anilines is 1. The number of aromatic nitrogens is 2. The molecule has 1 aliphatic rings. The number of hydrogen-bond donors (Lipinski definition) is 1. The summed E-state index contributed by atoms with van der Waals surface area (Å²) in [6, 6.07) is 0.594. The second kappa shape index (κ2) is 6.31. The molecule has 0 spiro atoms. The molecule has 0 radical (unpaired) electrons. The number of piperidine rings is 1. The van der Waals surface area contributed by atoms with Gasteiger partial charge in [0.05, 0.1) is 0 Å². The summed E-state index contributed by atoms with van der Waals surface area (Å²) >= 11 is 1.55. The van der Waals surface area contributed by atoms with Gasteiger partial charge in [0.25, 0.3) is 0 Å². The van der Waals surface area contributed by atoms with Crippen molar-refractivity contribution in [2.75, 3.05) is 24.5 Å². The van der Waals surface area contributed by atoms with Gasteiger partial charge >= 0.3 is 0 Å². The van der Waals surface area contributed by atoms with E-state index in [0.717, 1.165) is 43.4 Å². The molecule has 2 rings (SSSR count). The maximum Gasteiger partial charge on any atom is 0.205 e. The van der Waals surface area contributed by atoms with Crippen LogP contribution in [0, 0.1) is 0 Å². The molecule has 1 aliphatic heterocycles. The van der Waals surface area contributed by atoms with Gasteiger partial charge in [0.15, 0.2) is 0 Å². The zero-order valence-corrected chi connectivity index (χ0v) is 11.6. The number of nitrogens with one attached hydrogen (secondary N) is 1. The average Bonchev–Trinajstić information content (AvgIpc) is 2.81. The minimum Gasteiger partial charge on any atom is -0.343 e. The minimum atomic E-state index is 0.594. The molecular weight excluding hydrogens is 232 g/mol. The first-order valence-corrected chi connectivity index (χ1v) is 7.42. The highest BCUT2D eigenvalue weighted by Crippen LogP contribution is 2.22. The molecule has 1 unspecified atom stereocenters. The molecule has 0 bridgehead atoms. The first kappa shape index (κ1) is 12.8. The topological polar surface area (TPSA) is 41.1 Å². The van der Waals surface area contributed by atoms with Gasteiger partial charge < -0.3 is 10.2 Å². The monoisotopic (exact) mass is 254 g/mol. The molecule has 2 heterocycles. The van der Waals surface area contributed by atoms with Crippen molar-refractivity contribution in [3.05, 3.63) is 5.82 Å². The van der Waals surface area contributed by atoms with Crippen LogP contribution in [0.3, 0.4) is 0 Å². The predicted molar refractivity (Wildman–Crippen MR) is 72.8 cm³/mol. The molecule has 1 aromatic rings. The molecule has 4 nitrogen and oxygen atoms in total. The summed E-state index contributed by atoms with van der Waals surface area (Å²) in [6.07, 6.45) is 4.65. The molecular formula is C12H22N4S. The van der Waals surface area contributed by atoms with E-state index in [1.54, 1.807) is 11.5 Å². The molecule has 1 fully saturated rings. The van der Waals surface area contributed by atoms with Gasteiger partial charge in [-0.05, 0) is 32.7 Å². The summed E-state index contributed by atoms with van der Waals surface area (Å²) in [4.78, 5) is 7.06. The first-order chi connectivity index (χ1) is 8.35. The predicted octanol–water partition coefficient (Wildman–Crippen LogP) is 2.07. The van der Waals surface area contributed by atoms with Gasteiger partial charge in [-0.2, -0.15) is 4.37 Å². The molecule has 0 saturated carbocycles. The quantitative estimate of drug-likeness (QED) is 0.873. The Kier molecular flexibility index (Phi) is 4.74. The largest absolute Gasteiger partial charge is 0.343 e. The Morgan fingerprint density at radius 3 is 3.00 bits per heavy atom. The SMILES string of the molecule is CCCc1nsc(N(CC)C2CCCNC2)n1. The molecule has 1 N–H and O–H groups in total. The second-order valence-electron chi connectivity index (χ2n) is 4.53. The third-order valence-electron chi connectivity index (χ3n) is 3.23. The summed E-state index contributed by atoms with van der Waals surface area (Å²) in [7, 11) is 0. The smallest absolute Gasteiger partial charge is 0.205 e. The van der Waals surface area contributed by atoms with Crippen LogP contribution in [0.2, 0.25) is 0 Å². The van der Waals surface area contributed by atoms with E-state index in [9.17, 15) is 0 Å². The van der Waals surface area contributed by atoms with E-state index in [2.05, 4.69) is 33.4 Å². The standard InChI is InChI=1S/C12H22N4S/c1-3-6-11-14-12(17-15-11)16(4-2)10-7-5-8-13-9-10/h10,13H,3-9H2,1-2H3. The molecule has 1 atom stereocenters. The highest BCUT2D eigenvalue weighted by molar-refractivity contribution is 7.09. The molecule has 96 valence electrons. The van der Waals surface area contributed by atoms with Crippen LogP contribution in [0.15, 0.2) is 0 Å². The second-order valence-corrected chi connectivity index (χ2v) is 5.26. The zero-order chi connectivity index (χ0) is 12.1. The van der Waals surface area contributed by atoms with Crippen LogP contribution in [-0.2, 0) is 6.42 Å². The molecule has 5 heteroatoms. The van der Waals surface area contributed by atoms with Crippen molar-refractivity contribution in [3.63, 3.8) is 0 Å². The van der Waals surface area contributed by atoms with Crippen molar-refractivity contribution in [1.82, 2.24) is 14.7 Å². The maximum atomic E-state index is 4.65. The van der Waals surface area contributed by atoms with Gasteiger partial charge in [0, 0.05) is 37.1 Å². The Bertz CT molecular complexity index is 333. The molecule has 17 heavy (non-hydrogen) atoms. The van der Waals surface area contributed by atoms with E-state index in [0.29, 0.717) is 6.04 Å². The molecule has 0 amide bonds. The Morgan fingerprint density at radius 1 is 1.47 bits per heavy atom. The normalized spacial score (nSPS) is 20.5. The highest BCUT2D eigenvalue weighted by atomic mass is 32.1. The van der Waals surface area contributed by atoms with E-state index in [4.69, 9.17) is 0 Å². The summed E-state index contributed by atoms with van der Waals surface area (Å²) in [5.74, 6) is 1.01. The maximum absolute atomic E-state index is 4.65. The minimum absolute atomic E-state index is 0.594. The van der Waals surface area contributed by atoms with Crippen molar-refractivity contribution in [2.24, 2.45) is 0 Å². The van der Waals surface area contributed by atoms with Crippen molar-refractivity contribution in [2.45, 2.75) is 45.6 Å². The fourth-order valence-electron chi connectivity index (χ4n) is 2.34. The molecule has 0 aromatic carbocycles. The Hall–Kier alpha value is -0.680. The van der Waals surface area contributed by atoms with E-state index in [1.807, 2.05) is 0 Å². The van der Waals surface area contributed by atoms with Gasteiger partial charge in [0.1, 0.15) is 5.82 Å². The lowest BCUT2D eigenvalue weighted by Gasteiger charge is -2.33. The third-order valence-corrected chi connectivity index (χ3v) is 4.02. The summed E-state index contributed by atoms with van der Waals surface area (Å²) in [5.41, 5.74) is 0. The van der Waals surface area contributed by atoms with Gasteiger partial charge in [-0.25, -0.2) is 4.98 Å². The van der Waals surface area contributed by atoms with Crippen LogP contribution in [0.4, 0.5) is 5.13 Å². The number of hydrogen-bond acceptors (Lipinski definition) is 5. The van der Waals surface area contributed by atoms with Crippen molar-refractivity contribution in [1.29, 1.82) is 0 Å². The fraction of sp³-hybridized carbons (Fsp3) is 0.833. The van der Waals surface area contributed by atoms with E-state index < -0.39 is 0 Å². The molecule has 1 saturated heterocycles. The van der Waals surface area contributed by atoms with Gasteiger partial charge in [-0.15, -0.1) is 0 Å². The van der Waals surface area contributed by atoms with Crippen molar-refractivity contribution >= 4 is 16.7 Å². The summed E-state index contributed by atoms with van der Waals surface area (Å²) in [5, 5.41) is 4.57. The molecule has 0 aliphatic carbocycles. The Labute approximate surface area is 108 Å². The van der Waals surface area contributed by atoms with Gasteiger partial charge in [-0.3, -0.25) is 0 Å². The highest BCUT2D eigenvalue weighted by Gasteiger charge is 2.22. The van der Waals surface area contributed by atoms with Gasteiger partial charge in [0.2, 0.25) is 5.13 Å². The van der Waals surface area contributed by atoms with Crippen molar-refractivity contribution < 1.29 is 0 Å². The third kappa shape index (κ3) is 3.16. The Morgan fingerprint density at radius 2 is 2.35 bits per heavy atom. The summed E-state index contributed by atoms with van der Waals surface area (Å²) < 4.78 is 4.44. The summed E-state index contributed by atoms with van der Waals surface area (Å²) in [6.45, 7) is 7.63. The lowest BCUT2D eigenvalue weighted by molar-refractivity contribution is 0.435. The lowest BCUT2D eigenvalue weighted by Crippen LogP contribution is -2.46. The van der Waals surface area contributed by atoms with E-state index in [-0.39, 0.29) is 0 Å². The van der Waals surface area contributed by atoms with E-state index >= 15 is 0 Å². The first-order valence-electron chi connectivity index (χ1n) is 6.65. The number of likely N-dealkylation sites (N-methyl/N-ethyl adjacent to an activating group) is 1.